The van der Waals surface area contributed by atoms with Gasteiger partial charge in [-0.25, -0.2) is 4.79 Å². The van der Waals surface area contributed by atoms with Gasteiger partial charge in [0.2, 0.25) is 0 Å². The van der Waals surface area contributed by atoms with E-state index in [2.05, 4.69) is 19.4 Å². The molecular formula is C11H11N5O2S. The number of hydrogen-bond acceptors (Lipinski definition) is 5. The van der Waals surface area contributed by atoms with E-state index in [0.29, 0.717) is 6.54 Å². The maximum absolute atomic E-state index is 11.9. The van der Waals surface area contributed by atoms with Gasteiger partial charge in [0.25, 0.3) is 5.91 Å². The van der Waals surface area contributed by atoms with Crippen molar-refractivity contribution in [3.05, 3.63) is 41.6 Å². The predicted octanol–water partition coefficient (Wildman–Crippen LogP) is 0.959. The molecule has 0 aliphatic carbocycles. The molecule has 0 atom stereocenters. The fraction of sp³-hybridized carbons (Fsp3) is 0.0909. The number of nitrogens with two attached hydrogens (primary N) is 1. The summed E-state index contributed by atoms with van der Waals surface area (Å²) < 4.78 is 7.62. The maximum atomic E-state index is 11.9. The van der Waals surface area contributed by atoms with Crippen LogP contribution < -0.4 is 16.4 Å². The van der Waals surface area contributed by atoms with E-state index < -0.39 is 11.9 Å². The van der Waals surface area contributed by atoms with Crippen LogP contribution in [0.15, 0.2) is 30.3 Å². The molecule has 3 amide bonds. The molecule has 0 saturated heterocycles. The van der Waals surface area contributed by atoms with Gasteiger partial charge in [0.05, 0.1) is 11.7 Å². The first-order valence-corrected chi connectivity index (χ1v) is 6.11. The van der Waals surface area contributed by atoms with Gasteiger partial charge in [0, 0.05) is 6.54 Å². The number of anilines is 1. The van der Waals surface area contributed by atoms with Gasteiger partial charge in [-0.2, -0.15) is 8.75 Å². The van der Waals surface area contributed by atoms with Gasteiger partial charge < -0.3 is 11.1 Å². The van der Waals surface area contributed by atoms with Gasteiger partial charge in [-0.05, 0) is 5.56 Å². The second-order valence-corrected chi connectivity index (χ2v) is 4.15. The molecule has 0 saturated carbocycles. The molecule has 1 aromatic carbocycles. The highest BCUT2D eigenvalue weighted by atomic mass is 32.1. The number of primary amides is 1. The zero-order chi connectivity index (χ0) is 13.7. The van der Waals surface area contributed by atoms with Crippen molar-refractivity contribution in [1.29, 1.82) is 0 Å². The van der Waals surface area contributed by atoms with Crippen molar-refractivity contribution in [2.75, 3.05) is 5.32 Å². The quantitative estimate of drug-likeness (QED) is 0.773. The molecule has 7 nitrogen and oxygen atoms in total. The van der Waals surface area contributed by atoms with Gasteiger partial charge in [-0.1, -0.05) is 30.3 Å². The van der Waals surface area contributed by atoms with Crippen LogP contribution >= 0.6 is 11.7 Å². The van der Waals surface area contributed by atoms with Gasteiger partial charge in [0.15, 0.2) is 11.5 Å². The summed E-state index contributed by atoms with van der Waals surface area (Å²) in [5.74, 6) is -0.343. The summed E-state index contributed by atoms with van der Waals surface area (Å²) in [5, 5.41) is 4.94. The fourth-order valence-electron chi connectivity index (χ4n) is 1.40. The van der Waals surface area contributed by atoms with Crippen molar-refractivity contribution < 1.29 is 9.59 Å². The normalized spacial score (nSPS) is 9.89. The number of nitrogens with zero attached hydrogens (tertiary/aromatic N) is 2. The van der Waals surface area contributed by atoms with Gasteiger partial charge in [-0.3, -0.25) is 10.1 Å². The second-order valence-electron chi connectivity index (χ2n) is 3.62. The van der Waals surface area contributed by atoms with Crippen LogP contribution in [-0.4, -0.2) is 20.7 Å². The zero-order valence-electron chi connectivity index (χ0n) is 9.79. The first-order chi connectivity index (χ1) is 9.16. The molecule has 98 valence electrons. The second kappa shape index (κ2) is 5.91. The first-order valence-electron chi connectivity index (χ1n) is 5.38. The number of nitrogens with one attached hydrogen (secondary N) is 2. The highest BCUT2D eigenvalue weighted by Gasteiger charge is 2.17. The van der Waals surface area contributed by atoms with E-state index in [1.165, 1.54) is 0 Å². The molecular weight excluding hydrogens is 266 g/mol. The highest BCUT2D eigenvalue weighted by molar-refractivity contribution is 6.99. The topological polar surface area (TPSA) is 110 Å². The molecule has 0 unspecified atom stereocenters. The monoisotopic (exact) mass is 277 g/mol. The molecule has 19 heavy (non-hydrogen) atoms. The fourth-order valence-corrected chi connectivity index (χ4v) is 1.90. The molecule has 0 bridgehead atoms. The Morgan fingerprint density at radius 1 is 1.21 bits per heavy atom. The average molecular weight is 277 g/mol. The average Bonchev–Trinajstić information content (AvgIpc) is 2.84. The number of amides is 3. The molecule has 8 heteroatoms. The summed E-state index contributed by atoms with van der Waals surface area (Å²) in [6.45, 7) is 0.368. The van der Waals surface area contributed by atoms with Gasteiger partial charge >= 0.3 is 6.03 Å². The molecule has 0 spiro atoms. The Morgan fingerprint density at radius 2 is 1.95 bits per heavy atom. The minimum Gasteiger partial charge on any atom is -0.351 e. The number of carbonyl (C=O) groups is 2. The van der Waals surface area contributed by atoms with Crippen molar-refractivity contribution >= 4 is 29.5 Å². The molecule has 0 aliphatic rings. The molecule has 1 aromatic heterocycles. The van der Waals surface area contributed by atoms with E-state index >= 15 is 0 Å². The largest absolute Gasteiger partial charge is 0.351 e. The first kappa shape index (κ1) is 13.0. The van der Waals surface area contributed by atoms with Crippen LogP contribution in [0.3, 0.4) is 0 Å². The number of benzene rings is 1. The number of urea groups is 1. The van der Waals surface area contributed by atoms with Crippen molar-refractivity contribution in [2.45, 2.75) is 6.54 Å². The lowest BCUT2D eigenvalue weighted by Crippen LogP contribution is -2.26. The Balaban J connectivity index is 2.00. The highest BCUT2D eigenvalue weighted by Crippen LogP contribution is 2.12. The summed E-state index contributed by atoms with van der Waals surface area (Å²) in [7, 11) is 0. The zero-order valence-corrected chi connectivity index (χ0v) is 10.6. The van der Waals surface area contributed by atoms with E-state index in [1.807, 2.05) is 30.3 Å². The van der Waals surface area contributed by atoms with Gasteiger partial charge in [-0.15, -0.1) is 0 Å². The molecule has 2 aromatic rings. The van der Waals surface area contributed by atoms with E-state index in [1.54, 1.807) is 0 Å². The minimum absolute atomic E-state index is 0.0553. The molecule has 0 fully saturated rings. The standard InChI is InChI=1S/C11H11N5O2S/c12-11(18)14-9-8(15-19-16-9)10(17)13-6-7-4-2-1-3-5-7/h1-5H,6H2,(H,13,17)(H3,12,14,16,18). The van der Waals surface area contributed by atoms with Crippen molar-refractivity contribution in [1.82, 2.24) is 14.1 Å². The Labute approximate surface area is 113 Å². The van der Waals surface area contributed by atoms with Crippen LogP contribution in [0.4, 0.5) is 10.6 Å². The third-order valence-electron chi connectivity index (χ3n) is 2.24. The van der Waals surface area contributed by atoms with Crippen molar-refractivity contribution in [3.8, 4) is 0 Å². The summed E-state index contributed by atoms with van der Waals surface area (Å²) in [4.78, 5) is 22.6. The van der Waals surface area contributed by atoms with Crippen LogP contribution in [0.25, 0.3) is 0 Å². The van der Waals surface area contributed by atoms with E-state index in [4.69, 9.17) is 5.73 Å². The summed E-state index contributed by atoms with van der Waals surface area (Å²) >= 11 is 0.827. The van der Waals surface area contributed by atoms with Crippen LogP contribution in [-0.2, 0) is 6.54 Å². The van der Waals surface area contributed by atoms with Crippen LogP contribution in [0.2, 0.25) is 0 Å². The number of hydrogen-bond donors (Lipinski definition) is 3. The lowest BCUT2D eigenvalue weighted by molar-refractivity contribution is 0.0948. The lowest BCUT2D eigenvalue weighted by atomic mass is 10.2. The predicted molar refractivity (Wildman–Crippen MR) is 70.7 cm³/mol. The Bertz CT molecular complexity index is 584. The molecule has 0 aliphatic heterocycles. The Hall–Kier alpha value is -2.48. The van der Waals surface area contributed by atoms with Crippen molar-refractivity contribution in [2.24, 2.45) is 5.73 Å². The summed E-state index contributed by atoms with van der Waals surface area (Å²) in [6, 6.07) is 8.65. The van der Waals surface area contributed by atoms with E-state index in [9.17, 15) is 9.59 Å². The summed E-state index contributed by atoms with van der Waals surface area (Å²) in [5.41, 5.74) is 5.99. The molecule has 2 rings (SSSR count). The van der Waals surface area contributed by atoms with E-state index in [0.717, 1.165) is 17.3 Å². The molecule has 4 N–H and O–H groups in total. The van der Waals surface area contributed by atoms with Gasteiger partial charge in [0.1, 0.15) is 0 Å². The van der Waals surface area contributed by atoms with Crippen LogP contribution in [0, 0.1) is 0 Å². The smallest absolute Gasteiger partial charge is 0.317 e. The number of aromatic nitrogens is 2. The number of carbonyl (C=O) groups excluding carboxylic acids is 2. The molecule has 0 radical (unpaired) electrons. The van der Waals surface area contributed by atoms with Crippen LogP contribution in [0.1, 0.15) is 16.1 Å². The lowest BCUT2D eigenvalue weighted by Gasteiger charge is -2.04. The maximum Gasteiger partial charge on any atom is 0.317 e. The SMILES string of the molecule is NC(=O)Nc1nsnc1C(=O)NCc1ccccc1. The third kappa shape index (κ3) is 3.49. The number of rotatable bonds is 4. The Kier molecular flexibility index (Phi) is 4.04. The van der Waals surface area contributed by atoms with Crippen molar-refractivity contribution in [3.63, 3.8) is 0 Å². The van der Waals surface area contributed by atoms with Crippen LogP contribution in [0.5, 0.6) is 0 Å². The third-order valence-corrected chi connectivity index (χ3v) is 2.77. The van der Waals surface area contributed by atoms with E-state index in [-0.39, 0.29) is 11.5 Å². The molecule has 1 heterocycles. The summed E-state index contributed by atoms with van der Waals surface area (Å²) in [6.07, 6.45) is 0. The Morgan fingerprint density at radius 3 is 2.63 bits per heavy atom. The minimum atomic E-state index is -0.787.